The monoisotopic (exact) mass is 284 g/mol. The summed E-state index contributed by atoms with van der Waals surface area (Å²) >= 11 is 0. The van der Waals surface area contributed by atoms with Crippen LogP contribution in [-0.4, -0.2) is 37.0 Å². The van der Waals surface area contributed by atoms with Crippen molar-refractivity contribution in [3.63, 3.8) is 0 Å². The first-order valence-corrected chi connectivity index (χ1v) is 6.75. The van der Waals surface area contributed by atoms with E-state index in [2.05, 4.69) is 0 Å². The first-order chi connectivity index (χ1) is 10.2. The van der Waals surface area contributed by atoms with Crippen LogP contribution in [0.25, 0.3) is 6.08 Å². The Morgan fingerprint density at radius 1 is 1.29 bits per heavy atom. The Kier molecular flexibility index (Phi) is 4.72. The van der Waals surface area contributed by atoms with E-state index in [9.17, 15) is 14.9 Å². The van der Waals surface area contributed by atoms with E-state index in [1.165, 1.54) is 13.2 Å². The number of carbonyl (C=O) groups excluding carboxylic acids is 2. The van der Waals surface area contributed by atoms with Crippen molar-refractivity contribution in [1.29, 1.82) is 5.26 Å². The van der Waals surface area contributed by atoms with Crippen LogP contribution < -0.4 is 0 Å². The summed E-state index contributed by atoms with van der Waals surface area (Å²) in [5.74, 6) is -0.776. The van der Waals surface area contributed by atoms with Crippen LogP contribution in [0.3, 0.4) is 0 Å². The minimum absolute atomic E-state index is 0.0354. The van der Waals surface area contributed by atoms with Gasteiger partial charge in [-0.3, -0.25) is 4.79 Å². The highest BCUT2D eigenvalue weighted by Gasteiger charge is 2.22. The molecule has 1 heterocycles. The van der Waals surface area contributed by atoms with E-state index in [0.717, 1.165) is 12.8 Å². The fourth-order valence-electron chi connectivity index (χ4n) is 2.31. The predicted molar refractivity (Wildman–Crippen MR) is 77.2 cm³/mol. The molecule has 1 aliphatic heterocycles. The normalized spacial score (nSPS) is 14.7. The summed E-state index contributed by atoms with van der Waals surface area (Å²) in [6.07, 6.45) is 3.37. The zero-order valence-electron chi connectivity index (χ0n) is 11.8. The lowest BCUT2D eigenvalue weighted by molar-refractivity contribution is -0.125. The number of hydrogen-bond donors (Lipinski definition) is 0. The fourth-order valence-corrected chi connectivity index (χ4v) is 2.31. The van der Waals surface area contributed by atoms with Crippen LogP contribution in [0.1, 0.15) is 28.8 Å². The Labute approximate surface area is 123 Å². The van der Waals surface area contributed by atoms with Crippen molar-refractivity contribution in [2.24, 2.45) is 0 Å². The standard InChI is InChI=1S/C16H16N2O3/c1-21-16(20)14-7-3-2-6-12(14)10-13(11-17)15(19)18-8-4-5-9-18/h2-3,6-7,10H,4-5,8-9H2,1H3/b13-10+. The largest absolute Gasteiger partial charge is 0.465 e. The number of likely N-dealkylation sites (tertiary alicyclic amines) is 1. The quantitative estimate of drug-likeness (QED) is 0.483. The molecular weight excluding hydrogens is 268 g/mol. The summed E-state index contributed by atoms with van der Waals surface area (Å²) in [5.41, 5.74) is 0.878. The van der Waals surface area contributed by atoms with Crippen LogP contribution in [0.4, 0.5) is 0 Å². The number of nitrogens with zero attached hydrogens (tertiary/aromatic N) is 2. The lowest BCUT2D eigenvalue weighted by Crippen LogP contribution is -2.28. The maximum Gasteiger partial charge on any atom is 0.338 e. The van der Waals surface area contributed by atoms with Gasteiger partial charge in [0.05, 0.1) is 12.7 Å². The van der Waals surface area contributed by atoms with Gasteiger partial charge < -0.3 is 9.64 Å². The molecule has 0 spiro atoms. The molecule has 0 bridgehead atoms. The molecule has 1 aromatic carbocycles. The number of ether oxygens (including phenoxy) is 1. The van der Waals surface area contributed by atoms with Crippen molar-refractivity contribution in [3.8, 4) is 6.07 Å². The Bertz CT molecular complexity index is 623. The molecule has 1 fully saturated rings. The number of esters is 1. The summed E-state index contributed by atoms with van der Waals surface area (Å²) in [7, 11) is 1.30. The summed E-state index contributed by atoms with van der Waals surface area (Å²) in [6.45, 7) is 1.35. The number of benzene rings is 1. The molecule has 1 aliphatic rings. The molecule has 108 valence electrons. The van der Waals surface area contributed by atoms with Gasteiger partial charge in [-0.2, -0.15) is 5.26 Å². The van der Waals surface area contributed by atoms with Crippen LogP contribution in [-0.2, 0) is 9.53 Å². The van der Waals surface area contributed by atoms with Gasteiger partial charge in [0.25, 0.3) is 5.91 Å². The molecule has 5 heteroatoms. The van der Waals surface area contributed by atoms with E-state index in [4.69, 9.17) is 4.74 Å². The van der Waals surface area contributed by atoms with Gasteiger partial charge >= 0.3 is 5.97 Å². The zero-order valence-corrected chi connectivity index (χ0v) is 11.8. The molecule has 0 aliphatic carbocycles. The minimum atomic E-state index is -0.493. The second-order valence-electron chi connectivity index (χ2n) is 4.75. The van der Waals surface area contributed by atoms with Crippen molar-refractivity contribution in [3.05, 3.63) is 41.0 Å². The Balaban J connectivity index is 2.34. The van der Waals surface area contributed by atoms with E-state index in [1.807, 2.05) is 6.07 Å². The highest BCUT2D eigenvalue weighted by atomic mass is 16.5. The first-order valence-electron chi connectivity index (χ1n) is 6.75. The number of rotatable bonds is 3. The molecule has 0 N–H and O–H groups in total. The van der Waals surface area contributed by atoms with Gasteiger partial charge in [-0.15, -0.1) is 0 Å². The molecule has 0 unspecified atom stereocenters. The smallest absolute Gasteiger partial charge is 0.338 e. The van der Waals surface area contributed by atoms with Crippen LogP contribution in [0.2, 0.25) is 0 Å². The van der Waals surface area contributed by atoms with Crippen molar-refractivity contribution in [1.82, 2.24) is 4.90 Å². The van der Waals surface area contributed by atoms with Crippen molar-refractivity contribution in [2.45, 2.75) is 12.8 Å². The van der Waals surface area contributed by atoms with E-state index in [-0.39, 0.29) is 11.5 Å². The molecule has 2 rings (SSSR count). The summed E-state index contributed by atoms with van der Waals surface area (Å²) < 4.78 is 4.71. The maximum absolute atomic E-state index is 12.3. The Morgan fingerprint density at radius 3 is 2.57 bits per heavy atom. The third-order valence-corrected chi connectivity index (χ3v) is 3.41. The SMILES string of the molecule is COC(=O)c1ccccc1/C=C(\C#N)C(=O)N1CCCC1. The molecule has 1 saturated heterocycles. The molecule has 0 saturated carbocycles. The fraction of sp³-hybridized carbons (Fsp3) is 0.312. The molecule has 5 nitrogen and oxygen atoms in total. The van der Waals surface area contributed by atoms with Gasteiger partial charge in [-0.05, 0) is 30.5 Å². The van der Waals surface area contributed by atoms with Gasteiger partial charge in [-0.25, -0.2) is 4.79 Å². The van der Waals surface area contributed by atoms with Crippen LogP contribution in [0, 0.1) is 11.3 Å². The molecular formula is C16H16N2O3. The van der Waals surface area contributed by atoms with Gasteiger partial charge in [0.15, 0.2) is 0 Å². The Hall–Kier alpha value is -2.61. The number of amides is 1. The van der Waals surface area contributed by atoms with Crippen LogP contribution in [0.5, 0.6) is 0 Å². The van der Waals surface area contributed by atoms with Crippen molar-refractivity contribution < 1.29 is 14.3 Å². The minimum Gasteiger partial charge on any atom is -0.465 e. The van der Waals surface area contributed by atoms with Gasteiger partial charge in [-0.1, -0.05) is 18.2 Å². The van der Waals surface area contributed by atoms with Gasteiger partial charge in [0, 0.05) is 13.1 Å². The van der Waals surface area contributed by atoms with E-state index < -0.39 is 5.97 Å². The Morgan fingerprint density at radius 2 is 1.95 bits per heavy atom. The van der Waals surface area contributed by atoms with Crippen LogP contribution in [0.15, 0.2) is 29.8 Å². The maximum atomic E-state index is 12.3. The summed E-state index contributed by atoms with van der Waals surface area (Å²) in [5, 5.41) is 9.22. The highest BCUT2D eigenvalue weighted by Crippen LogP contribution is 2.17. The second-order valence-corrected chi connectivity index (χ2v) is 4.75. The number of methoxy groups -OCH3 is 1. The highest BCUT2D eigenvalue weighted by molar-refractivity contribution is 6.03. The van der Waals surface area contributed by atoms with E-state index in [0.29, 0.717) is 24.2 Å². The lowest BCUT2D eigenvalue weighted by atomic mass is 10.0. The second kappa shape index (κ2) is 6.71. The van der Waals surface area contributed by atoms with Crippen molar-refractivity contribution >= 4 is 18.0 Å². The number of nitriles is 1. The third kappa shape index (κ3) is 3.29. The molecule has 1 aromatic rings. The third-order valence-electron chi connectivity index (χ3n) is 3.41. The van der Waals surface area contributed by atoms with Crippen molar-refractivity contribution in [2.75, 3.05) is 20.2 Å². The average molecular weight is 284 g/mol. The molecule has 21 heavy (non-hydrogen) atoms. The topological polar surface area (TPSA) is 70.4 Å². The first kappa shape index (κ1) is 14.8. The van der Waals surface area contributed by atoms with Gasteiger partial charge in [0.1, 0.15) is 11.6 Å². The average Bonchev–Trinajstić information content (AvgIpc) is 3.06. The molecule has 0 atom stereocenters. The molecule has 1 amide bonds. The molecule has 0 aromatic heterocycles. The number of hydrogen-bond acceptors (Lipinski definition) is 4. The van der Waals surface area contributed by atoms with Gasteiger partial charge in [0.2, 0.25) is 0 Å². The summed E-state index contributed by atoms with van der Waals surface area (Å²) in [4.78, 5) is 25.6. The van der Waals surface area contributed by atoms with E-state index in [1.54, 1.807) is 29.2 Å². The lowest BCUT2D eigenvalue weighted by Gasteiger charge is -2.14. The van der Waals surface area contributed by atoms with Crippen LogP contribution >= 0.6 is 0 Å². The predicted octanol–water partition coefficient (Wildman–Crippen LogP) is 2.00. The zero-order chi connectivity index (χ0) is 15.2. The van der Waals surface area contributed by atoms with E-state index >= 15 is 0 Å². The number of carbonyl (C=O) groups is 2. The summed E-state index contributed by atoms with van der Waals surface area (Å²) in [6, 6.07) is 8.66. The molecule has 0 radical (unpaired) electrons.